The molecule has 1 saturated heterocycles. The molecule has 8 heteroatoms. The Morgan fingerprint density at radius 2 is 1.84 bits per heavy atom. The summed E-state index contributed by atoms with van der Waals surface area (Å²) in [7, 11) is 3.38. The molecule has 0 aromatic heterocycles. The van der Waals surface area contributed by atoms with Gasteiger partial charge in [0, 0.05) is 38.6 Å². The van der Waals surface area contributed by atoms with Crippen LogP contribution in [0.5, 0.6) is 17.2 Å². The lowest BCUT2D eigenvalue weighted by atomic mass is 10.2. The highest BCUT2D eigenvalue weighted by atomic mass is 127. The summed E-state index contributed by atoms with van der Waals surface area (Å²) in [6, 6.07) is 15.7. The number of aliphatic imine (C=N–C) groups is 1. The molecule has 7 nitrogen and oxygen atoms in total. The molecule has 2 N–H and O–H groups in total. The van der Waals surface area contributed by atoms with Gasteiger partial charge >= 0.3 is 0 Å². The second kappa shape index (κ2) is 12.5. The summed E-state index contributed by atoms with van der Waals surface area (Å²) >= 11 is 0. The molecule has 2 aromatic carbocycles. The Kier molecular flexibility index (Phi) is 10.1. The van der Waals surface area contributed by atoms with Crippen LogP contribution in [0.2, 0.25) is 0 Å². The number of rotatable bonds is 7. The molecule has 1 heterocycles. The van der Waals surface area contributed by atoms with Gasteiger partial charge in [-0.15, -0.1) is 24.0 Å². The van der Waals surface area contributed by atoms with Crippen LogP contribution in [0.3, 0.4) is 0 Å². The fraction of sp³-hybridized carbons (Fsp3) is 0.417. The molecule has 1 fully saturated rings. The summed E-state index contributed by atoms with van der Waals surface area (Å²) in [6.07, 6.45) is 0.925. The molecule has 32 heavy (non-hydrogen) atoms. The van der Waals surface area contributed by atoms with Crippen LogP contribution in [0.15, 0.2) is 53.5 Å². The number of benzene rings is 2. The predicted molar refractivity (Wildman–Crippen MR) is 138 cm³/mol. The van der Waals surface area contributed by atoms with Gasteiger partial charge in [-0.2, -0.15) is 0 Å². The van der Waals surface area contributed by atoms with Crippen molar-refractivity contribution in [3.63, 3.8) is 0 Å². The molecular weight excluding hydrogens is 519 g/mol. The molecule has 0 saturated carbocycles. The number of carbonyl (C=O) groups excluding carboxylic acids is 1. The first-order valence-electron chi connectivity index (χ1n) is 10.7. The van der Waals surface area contributed by atoms with Gasteiger partial charge in [0.15, 0.2) is 17.5 Å². The zero-order valence-corrected chi connectivity index (χ0v) is 21.5. The second-order valence-electron chi connectivity index (χ2n) is 7.89. The number of halogens is 1. The number of para-hydroxylation sites is 2. The van der Waals surface area contributed by atoms with Crippen molar-refractivity contribution in [1.82, 2.24) is 15.5 Å². The minimum Gasteiger partial charge on any atom is -0.493 e. The third-order valence-electron chi connectivity index (χ3n) is 5.24. The highest BCUT2D eigenvalue weighted by molar-refractivity contribution is 14.0. The Balaban J connectivity index is 0.00000363. The Bertz CT molecular complexity index is 902. The molecule has 1 atom stereocenters. The molecule has 1 amide bonds. The molecule has 1 unspecified atom stereocenters. The van der Waals surface area contributed by atoms with E-state index in [1.54, 1.807) is 14.2 Å². The van der Waals surface area contributed by atoms with Crippen LogP contribution < -0.4 is 20.1 Å². The maximum absolute atomic E-state index is 12.2. The van der Waals surface area contributed by atoms with Crippen LogP contribution in [0.25, 0.3) is 0 Å². The molecule has 2 aromatic rings. The van der Waals surface area contributed by atoms with Crippen molar-refractivity contribution in [3.05, 3.63) is 54.1 Å². The van der Waals surface area contributed by atoms with Crippen molar-refractivity contribution in [2.24, 2.45) is 10.9 Å². The molecular formula is C24H33IN4O3. The molecule has 1 aliphatic heterocycles. The van der Waals surface area contributed by atoms with Crippen LogP contribution in [-0.4, -0.2) is 50.1 Å². The number of ether oxygens (including phenoxy) is 2. The minimum atomic E-state index is 0. The summed E-state index contributed by atoms with van der Waals surface area (Å²) < 4.78 is 11.3. The lowest BCUT2D eigenvalue weighted by molar-refractivity contribution is -0.133. The van der Waals surface area contributed by atoms with E-state index in [1.165, 1.54) is 0 Å². The molecule has 174 valence electrons. The van der Waals surface area contributed by atoms with Crippen molar-refractivity contribution < 1.29 is 14.3 Å². The van der Waals surface area contributed by atoms with E-state index in [0.717, 1.165) is 30.2 Å². The van der Waals surface area contributed by atoms with Crippen molar-refractivity contribution in [3.8, 4) is 17.2 Å². The highest BCUT2D eigenvalue weighted by Gasteiger charge is 2.27. The van der Waals surface area contributed by atoms with Crippen LogP contribution in [-0.2, 0) is 11.3 Å². The van der Waals surface area contributed by atoms with E-state index in [0.29, 0.717) is 24.6 Å². The lowest BCUT2D eigenvalue weighted by Gasteiger charge is -2.20. The highest BCUT2D eigenvalue weighted by Crippen LogP contribution is 2.30. The van der Waals surface area contributed by atoms with E-state index in [2.05, 4.69) is 15.6 Å². The number of hydrogen-bond donors (Lipinski definition) is 2. The van der Waals surface area contributed by atoms with Gasteiger partial charge in [0.1, 0.15) is 5.75 Å². The smallest absolute Gasteiger partial charge is 0.225 e. The first-order chi connectivity index (χ1) is 15.0. The third-order valence-corrected chi connectivity index (χ3v) is 5.24. The zero-order chi connectivity index (χ0) is 22.2. The Morgan fingerprint density at radius 1 is 1.16 bits per heavy atom. The molecule has 0 radical (unpaired) electrons. The summed E-state index contributed by atoms with van der Waals surface area (Å²) in [6.45, 7) is 6.02. The molecule has 1 aliphatic rings. The molecule has 0 spiro atoms. The topological polar surface area (TPSA) is 75.2 Å². The van der Waals surface area contributed by atoms with Crippen LogP contribution in [0.4, 0.5) is 0 Å². The first kappa shape index (κ1) is 25.8. The molecule has 0 aliphatic carbocycles. The van der Waals surface area contributed by atoms with E-state index < -0.39 is 0 Å². The normalized spacial score (nSPS) is 15.8. The van der Waals surface area contributed by atoms with Crippen molar-refractivity contribution in [2.45, 2.75) is 32.9 Å². The Labute approximate surface area is 207 Å². The minimum absolute atomic E-state index is 0. The number of methoxy groups -OCH3 is 1. The number of carbonyl (C=O) groups is 1. The third kappa shape index (κ3) is 7.01. The second-order valence-corrected chi connectivity index (χ2v) is 7.89. The Morgan fingerprint density at radius 3 is 2.47 bits per heavy atom. The van der Waals surface area contributed by atoms with Crippen LogP contribution >= 0.6 is 24.0 Å². The fourth-order valence-corrected chi connectivity index (χ4v) is 3.52. The number of likely N-dealkylation sites (tertiary alicyclic amines) is 1. The zero-order valence-electron chi connectivity index (χ0n) is 19.1. The van der Waals surface area contributed by atoms with Crippen LogP contribution in [0, 0.1) is 5.92 Å². The Hall–Kier alpha value is -2.49. The SMILES string of the molecule is CN=C(NCc1ccc(Oc2ccccc2OC)cc1)NC1CCN(C(=O)C(C)C)C1.I. The fourth-order valence-electron chi connectivity index (χ4n) is 3.52. The van der Waals surface area contributed by atoms with E-state index in [1.807, 2.05) is 67.3 Å². The number of hydrogen-bond acceptors (Lipinski definition) is 4. The maximum atomic E-state index is 12.2. The van der Waals surface area contributed by atoms with Gasteiger partial charge in [-0.25, -0.2) is 0 Å². The van der Waals surface area contributed by atoms with Gasteiger partial charge in [0.25, 0.3) is 0 Å². The average Bonchev–Trinajstić information content (AvgIpc) is 3.25. The van der Waals surface area contributed by atoms with Crippen LogP contribution in [0.1, 0.15) is 25.8 Å². The largest absolute Gasteiger partial charge is 0.493 e. The number of guanidine groups is 1. The van der Waals surface area contributed by atoms with Gasteiger partial charge in [-0.3, -0.25) is 9.79 Å². The van der Waals surface area contributed by atoms with Gasteiger partial charge in [-0.05, 0) is 36.2 Å². The monoisotopic (exact) mass is 552 g/mol. The van der Waals surface area contributed by atoms with Gasteiger partial charge in [0.05, 0.1) is 7.11 Å². The van der Waals surface area contributed by atoms with Crippen molar-refractivity contribution >= 4 is 35.8 Å². The standard InChI is InChI=1S/C24H32N4O3.HI/c1-17(2)23(29)28-14-13-19(16-28)27-24(25-3)26-15-18-9-11-20(12-10-18)31-22-8-6-5-7-21(22)30-4;/h5-12,17,19H,13-16H2,1-4H3,(H2,25,26,27);1H. The number of nitrogens with zero attached hydrogens (tertiary/aromatic N) is 2. The lowest BCUT2D eigenvalue weighted by Crippen LogP contribution is -2.45. The molecule has 0 bridgehead atoms. The quantitative estimate of drug-likeness (QED) is 0.309. The predicted octanol–water partition coefficient (Wildman–Crippen LogP) is 4.03. The number of amides is 1. The van der Waals surface area contributed by atoms with Gasteiger partial charge < -0.3 is 25.0 Å². The molecule has 3 rings (SSSR count). The summed E-state index contributed by atoms with van der Waals surface area (Å²) in [5.41, 5.74) is 1.11. The van der Waals surface area contributed by atoms with Gasteiger partial charge in [-0.1, -0.05) is 38.1 Å². The summed E-state index contributed by atoms with van der Waals surface area (Å²) in [4.78, 5) is 18.4. The van der Waals surface area contributed by atoms with E-state index in [-0.39, 0.29) is 41.8 Å². The summed E-state index contributed by atoms with van der Waals surface area (Å²) in [5.74, 6) is 3.11. The van der Waals surface area contributed by atoms with Crippen molar-refractivity contribution in [1.29, 1.82) is 0 Å². The first-order valence-corrected chi connectivity index (χ1v) is 10.7. The van der Waals surface area contributed by atoms with Gasteiger partial charge in [0.2, 0.25) is 5.91 Å². The average molecular weight is 552 g/mol. The van der Waals surface area contributed by atoms with E-state index >= 15 is 0 Å². The van der Waals surface area contributed by atoms with E-state index in [4.69, 9.17) is 9.47 Å². The summed E-state index contributed by atoms with van der Waals surface area (Å²) in [5, 5.41) is 6.76. The number of nitrogens with one attached hydrogen (secondary N) is 2. The van der Waals surface area contributed by atoms with Crippen molar-refractivity contribution in [2.75, 3.05) is 27.2 Å². The van der Waals surface area contributed by atoms with E-state index in [9.17, 15) is 4.79 Å². The maximum Gasteiger partial charge on any atom is 0.225 e.